The summed E-state index contributed by atoms with van der Waals surface area (Å²) in [7, 11) is 0. The molecule has 2 aliphatic rings. The second-order valence-electron chi connectivity index (χ2n) is 2.40. The normalized spacial score (nSPS) is 52.4. The van der Waals surface area contributed by atoms with Crippen LogP contribution < -0.4 is 21.2 Å². The van der Waals surface area contributed by atoms with E-state index < -0.39 is 0 Å². The second kappa shape index (κ2) is 1.82. The molecule has 0 amide bonds. The van der Waals surface area contributed by atoms with E-state index >= 15 is 0 Å². The summed E-state index contributed by atoms with van der Waals surface area (Å²) in [6.45, 7) is 0.834. The molecule has 2 nitrogen and oxygen atoms in total. The van der Waals surface area contributed by atoms with Crippen molar-refractivity contribution in [2.24, 2.45) is 0 Å². The molecule has 2 fully saturated rings. The van der Waals surface area contributed by atoms with Crippen LogP contribution in [-0.2, 0) is 0 Å². The van der Waals surface area contributed by atoms with Gasteiger partial charge in [-0.25, -0.2) is 0 Å². The fourth-order valence-electron chi connectivity index (χ4n) is 0.837. The van der Waals surface area contributed by atoms with Crippen molar-refractivity contribution < 1.29 is 21.2 Å². The van der Waals surface area contributed by atoms with Crippen LogP contribution in [-0.4, -0.2) is 26.0 Å². The Morgan fingerprint density at radius 2 is 2.38 bits per heavy atom. The van der Waals surface area contributed by atoms with E-state index in [1.165, 1.54) is 15.9 Å². The van der Waals surface area contributed by atoms with Crippen LogP contribution >= 0.6 is 0 Å². The second-order valence-corrected chi connectivity index (χ2v) is 5.92. The third-order valence-electron chi connectivity index (χ3n) is 1.56. The fourth-order valence-corrected chi connectivity index (χ4v) is 2.50. The molecule has 0 aliphatic carbocycles. The third kappa shape index (κ3) is 1.14. The van der Waals surface area contributed by atoms with Crippen LogP contribution in [0.2, 0.25) is 0 Å². The van der Waals surface area contributed by atoms with Gasteiger partial charge in [-0.2, -0.15) is 0 Å². The SMILES string of the molecule is [O-]N1CC1C[C@@H]1C[I-]1. The molecule has 0 aromatic carbocycles. The van der Waals surface area contributed by atoms with E-state index in [0.29, 0.717) is 27.2 Å². The molecule has 3 heteroatoms. The number of rotatable bonds is 2. The topological polar surface area (TPSA) is 26.1 Å². The zero-order valence-electron chi connectivity index (χ0n) is 4.51. The number of nitrogens with zero attached hydrogens (tertiary/aromatic N) is 1. The first-order chi connectivity index (χ1) is 3.86. The Morgan fingerprint density at radius 3 is 2.75 bits per heavy atom. The summed E-state index contributed by atoms with van der Waals surface area (Å²) in [5.74, 6) is 0. The van der Waals surface area contributed by atoms with Gasteiger partial charge in [-0.3, -0.25) is 0 Å². The monoisotopic (exact) mass is 225 g/mol. The van der Waals surface area contributed by atoms with Crippen LogP contribution in [0.25, 0.3) is 0 Å². The number of hydrogen-bond acceptors (Lipinski definition) is 2. The van der Waals surface area contributed by atoms with Crippen LogP contribution in [0, 0.1) is 5.21 Å². The van der Waals surface area contributed by atoms with Crippen molar-refractivity contribution in [3.05, 3.63) is 5.21 Å². The van der Waals surface area contributed by atoms with Gasteiger partial charge >= 0.3 is 58.8 Å². The predicted octanol–water partition coefficient (Wildman–Crippen LogP) is -2.97. The molecular formula is C5H8INO-2. The average molecular weight is 225 g/mol. The number of alkyl halides is 2. The van der Waals surface area contributed by atoms with Gasteiger partial charge in [-0.05, 0) is 0 Å². The van der Waals surface area contributed by atoms with Gasteiger partial charge in [0.25, 0.3) is 0 Å². The molecule has 0 N–H and O–H groups in total. The Bertz CT molecular complexity index is 105. The number of halogens is 1. The van der Waals surface area contributed by atoms with Crippen molar-refractivity contribution in [1.82, 2.24) is 5.06 Å². The van der Waals surface area contributed by atoms with Crippen LogP contribution in [0.4, 0.5) is 0 Å². The molecule has 2 saturated heterocycles. The Hall–Kier alpha value is 0.650. The summed E-state index contributed by atoms with van der Waals surface area (Å²) in [4.78, 5) is 0. The van der Waals surface area contributed by atoms with E-state index in [0.717, 1.165) is 10.5 Å². The molecular weight excluding hydrogens is 217 g/mol. The van der Waals surface area contributed by atoms with E-state index in [2.05, 4.69) is 0 Å². The molecule has 2 heterocycles. The summed E-state index contributed by atoms with van der Waals surface area (Å²) in [6.07, 6.45) is 1.23. The third-order valence-corrected chi connectivity index (χ3v) is 4.20. The maximum atomic E-state index is 10.4. The zero-order chi connectivity index (χ0) is 5.56. The van der Waals surface area contributed by atoms with Crippen molar-refractivity contribution in [2.75, 3.05) is 11.0 Å². The van der Waals surface area contributed by atoms with Crippen molar-refractivity contribution in [2.45, 2.75) is 16.4 Å². The van der Waals surface area contributed by atoms with E-state index in [1.54, 1.807) is 0 Å². The molecule has 0 radical (unpaired) electrons. The maximum absolute atomic E-state index is 10.4. The standard InChI is InChI=1S/C5H8INO/c8-7-3-5(7)1-4-2-6-4/h4-5H,1-3H2/q-2/t4-,5?,7?/m1/s1. The number of hydroxylamine groups is 2. The van der Waals surface area contributed by atoms with E-state index in [9.17, 15) is 5.21 Å². The first-order valence-electron chi connectivity index (χ1n) is 2.88. The van der Waals surface area contributed by atoms with Crippen LogP contribution in [0.15, 0.2) is 0 Å². The van der Waals surface area contributed by atoms with Crippen LogP contribution in [0.5, 0.6) is 0 Å². The van der Waals surface area contributed by atoms with Gasteiger partial charge in [-0.1, -0.05) is 0 Å². The first kappa shape index (κ1) is 5.44. The molecule has 0 bridgehead atoms. The van der Waals surface area contributed by atoms with Gasteiger partial charge in [0.15, 0.2) is 0 Å². The quantitative estimate of drug-likeness (QED) is 0.285. The minimum atomic E-state index is 0.460. The van der Waals surface area contributed by atoms with Crippen LogP contribution in [0.1, 0.15) is 6.42 Å². The van der Waals surface area contributed by atoms with E-state index in [4.69, 9.17) is 0 Å². The molecule has 8 heavy (non-hydrogen) atoms. The molecule has 0 spiro atoms. The van der Waals surface area contributed by atoms with E-state index in [-0.39, 0.29) is 0 Å². The minimum absolute atomic E-state index is 0.460. The first-order valence-corrected chi connectivity index (χ1v) is 5.65. The molecule has 2 unspecified atom stereocenters. The van der Waals surface area contributed by atoms with Gasteiger partial charge in [0.2, 0.25) is 0 Å². The van der Waals surface area contributed by atoms with Crippen molar-refractivity contribution in [3.63, 3.8) is 0 Å². The van der Waals surface area contributed by atoms with Gasteiger partial charge in [0.05, 0.1) is 0 Å². The Balaban J connectivity index is 1.69. The predicted molar refractivity (Wildman–Crippen MR) is 27.1 cm³/mol. The zero-order valence-corrected chi connectivity index (χ0v) is 6.67. The Kier molecular flexibility index (Phi) is 1.23. The molecule has 3 atom stereocenters. The Labute approximate surface area is 59.1 Å². The summed E-state index contributed by atoms with van der Waals surface area (Å²) in [6, 6.07) is 0.460. The van der Waals surface area contributed by atoms with Crippen LogP contribution in [0.3, 0.4) is 0 Å². The van der Waals surface area contributed by atoms with Crippen molar-refractivity contribution in [3.8, 4) is 0 Å². The molecule has 2 aliphatic heterocycles. The summed E-state index contributed by atoms with van der Waals surface area (Å²) < 4.78 is 2.53. The van der Waals surface area contributed by atoms with Gasteiger partial charge in [0.1, 0.15) is 0 Å². The van der Waals surface area contributed by atoms with Crippen molar-refractivity contribution >= 4 is 0 Å². The van der Waals surface area contributed by atoms with E-state index in [1.807, 2.05) is 0 Å². The molecule has 0 saturated carbocycles. The van der Waals surface area contributed by atoms with Gasteiger partial charge in [-0.15, -0.1) is 0 Å². The Morgan fingerprint density at radius 1 is 1.75 bits per heavy atom. The molecule has 0 aromatic heterocycles. The van der Waals surface area contributed by atoms with Gasteiger partial charge in [0, 0.05) is 0 Å². The summed E-state index contributed by atoms with van der Waals surface area (Å²) >= 11 is 0.595. The fraction of sp³-hybridized carbons (Fsp3) is 1.00. The molecule has 48 valence electrons. The average Bonchev–Trinajstić information content (AvgIpc) is 2.52. The van der Waals surface area contributed by atoms with Crippen molar-refractivity contribution in [1.29, 1.82) is 0 Å². The molecule has 2 rings (SSSR count). The van der Waals surface area contributed by atoms with Gasteiger partial charge < -0.3 is 0 Å². The molecule has 0 aromatic rings. The summed E-state index contributed by atoms with van der Waals surface area (Å²) in [5, 5.41) is 11.6. The summed E-state index contributed by atoms with van der Waals surface area (Å²) in [5.41, 5.74) is 0. The number of hydrogen-bond donors (Lipinski definition) is 0.